The lowest BCUT2D eigenvalue weighted by Crippen LogP contribution is -2.43. The number of aliphatic hydroxyl groups excluding tert-OH is 1. The number of carbonyl (C=O) groups is 1. The summed E-state index contributed by atoms with van der Waals surface area (Å²) in [5.74, 6) is -0.0621. The molecule has 1 aliphatic heterocycles. The van der Waals surface area contributed by atoms with E-state index in [2.05, 4.69) is 10.2 Å². The average Bonchev–Trinajstić information content (AvgIpc) is 2.62. The van der Waals surface area contributed by atoms with Crippen LogP contribution in [-0.2, 0) is 16.1 Å². The maximum Gasteiger partial charge on any atom is 0.223 e. The van der Waals surface area contributed by atoms with Gasteiger partial charge < -0.3 is 20.1 Å². The molecule has 1 atom stereocenters. The first-order valence-electron chi connectivity index (χ1n) is 9.09. The Balaban J connectivity index is 1.62. The molecule has 140 valence electrons. The Morgan fingerprint density at radius 2 is 2.12 bits per heavy atom. The first kappa shape index (κ1) is 19.8. The maximum atomic E-state index is 13.5. The van der Waals surface area contributed by atoms with E-state index in [1.807, 2.05) is 6.92 Å². The van der Waals surface area contributed by atoms with Crippen molar-refractivity contribution >= 4 is 5.91 Å². The van der Waals surface area contributed by atoms with Gasteiger partial charge in [-0.05, 0) is 38.4 Å². The largest absolute Gasteiger partial charge is 0.389 e. The van der Waals surface area contributed by atoms with Gasteiger partial charge in [0.2, 0.25) is 5.91 Å². The molecule has 1 aromatic carbocycles. The minimum Gasteiger partial charge on any atom is -0.389 e. The number of nitrogens with one attached hydrogen (secondary N) is 1. The first-order valence-corrected chi connectivity index (χ1v) is 9.09. The Kier molecular flexibility index (Phi) is 8.31. The molecule has 0 saturated carbocycles. The lowest BCUT2D eigenvalue weighted by Gasteiger charge is -2.32. The molecule has 0 radical (unpaired) electrons. The zero-order valence-corrected chi connectivity index (χ0v) is 14.9. The Hall–Kier alpha value is -1.50. The number of benzene rings is 1. The van der Waals surface area contributed by atoms with Crippen molar-refractivity contribution in [3.05, 3.63) is 35.6 Å². The van der Waals surface area contributed by atoms with Crippen molar-refractivity contribution in [2.75, 3.05) is 32.8 Å². The van der Waals surface area contributed by atoms with Crippen LogP contribution >= 0.6 is 0 Å². The van der Waals surface area contributed by atoms with Crippen LogP contribution in [0.4, 0.5) is 4.39 Å². The van der Waals surface area contributed by atoms with Gasteiger partial charge in [-0.2, -0.15) is 0 Å². The van der Waals surface area contributed by atoms with E-state index in [0.29, 0.717) is 12.1 Å². The van der Waals surface area contributed by atoms with Crippen LogP contribution in [0.15, 0.2) is 24.3 Å². The summed E-state index contributed by atoms with van der Waals surface area (Å²) < 4.78 is 18.9. The van der Waals surface area contributed by atoms with E-state index in [-0.39, 0.29) is 30.9 Å². The fraction of sp³-hybridized carbons (Fsp3) is 0.632. The fourth-order valence-corrected chi connectivity index (χ4v) is 3.04. The summed E-state index contributed by atoms with van der Waals surface area (Å²) in [6.45, 7) is 5.22. The molecule has 0 aliphatic carbocycles. The van der Waals surface area contributed by atoms with Crippen LogP contribution in [0.5, 0.6) is 0 Å². The van der Waals surface area contributed by atoms with E-state index in [1.54, 1.807) is 18.2 Å². The average molecular weight is 352 g/mol. The standard InChI is InChI=1S/C19H29FN2O3/c1-2-9-21-19(24)15-7-10-22(11-8-15)12-17(23)14-25-13-16-5-3-4-6-18(16)20/h3-6,15,17,23H,2,7-14H2,1H3,(H,21,24). The van der Waals surface area contributed by atoms with Crippen molar-refractivity contribution in [3.63, 3.8) is 0 Å². The highest BCUT2D eigenvalue weighted by Crippen LogP contribution is 2.17. The lowest BCUT2D eigenvalue weighted by atomic mass is 9.95. The number of β-amino-alcohol motifs (C(OH)–C–C–N with tert-alkyl or cyclic N) is 1. The van der Waals surface area contributed by atoms with Crippen molar-refractivity contribution in [1.29, 1.82) is 0 Å². The highest BCUT2D eigenvalue weighted by molar-refractivity contribution is 5.78. The maximum absolute atomic E-state index is 13.5. The zero-order valence-electron chi connectivity index (χ0n) is 14.9. The number of ether oxygens (including phenoxy) is 1. The number of nitrogens with zero attached hydrogens (tertiary/aromatic N) is 1. The SMILES string of the molecule is CCCNC(=O)C1CCN(CC(O)COCc2ccccc2F)CC1. The highest BCUT2D eigenvalue weighted by atomic mass is 19.1. The molecule has 0 aromatic heterocycles. The van der Waals surface area contributed by atoms with Crippen LogP contribution < -0.4 is 5.32 Å². The second-order valence-electron chi connectivity index (χ2n) is 6.63. The molecule has 5 nitrogen and oxygen atoms in total. The Labute approximate surface area is 149 Å². The smallest absolute Gasteiger partial charge is 0.223 e. The Bertz CT molecular complexity index is 533. The monoisotopic (exact) mass is 352 g/mol. The van der Waals surface area contributed by atoms with Crippen LogP contribution in [0.2, 0.25) is 0 Å². The molecule has 1 aliphatic rings. The number of carbonyl (C=O) groups excluding carboxylic acids is 1. The zero-order chi connectivity index (χ0) is 18.1. The van der Waals surface area contributed by atoms with Crippen LogP contribution in [0.25, 0.3) is 0 Å². The number of amides is 1. The number of hydrogen-bond acceptors (Lipinski definition) is 4. The molecular formula is C19H29FN2O3. The fourth-order valence-electron chi connectivity index (χ4n) is 3.04. The van der Waals surface area contributed by atoms with E-state index in [0.717, 1.165) is 38.9 Å². The normalized spacial score (nSPS) is 17.4. The first-order chi connectivity index (χ1) is 12.1. The number of aliphatic hydroxyl groups is 1. The summed E-state index contributed by atoms with van der Waals surface area (Å²) >= 11 is 0. The van der Waals surface area contributed by atoms with E-state index >= 15 is 0 Å². The van der Waals surface area contributed by atoms with Gasteiger partial charge in [0.25, 0.3) is 0 Å². The third-order valence-corrected chi connectivity index (χ3v) is 4.50. The van der Waals surface area contributed by atoms with E-state index in [1.165, 1.54) is 6.07 Å². The van der Waals surface area contributed by atoms with Gasteiger partial charge in [-0.15, -0.1) is 0 Å². The summed E-state index contributed by atoms with van der Waals surface area (Å²) in [5, 5.41) is 13.0. The summed E-state index contributed by atoms with van der Waals surface area (Å²) in [6, 6.07) is 6.48. The quantitative estimate of drug-likeness (QED) is 0.713. The van der Waals surface area contributed by atoms with Crippen molar-refractivity contribution < 1.29 is 19.0 Å². The molecule has 2 rings (SSSR count). The number of likely N-dealkylation sites (tertiary alicyclic amines) is 1. The van der Waals surface area contributed by atoms with E-state index in [4.69, 9.17) is 4.74 Å². The van der Waals surface area contributed by atoms with Crippen LogP contribution in [0, 0.1) is 11.7 Å². The van der Waals surface area contributed by atoms with Gasteiger partial charge in [0, 0.05) is 24.6 Å². The number of hydrogen-bond donors (Lipinski definition) is 2. The van der Waals surface area contributed by atoms with Gasteiger partial charge in [-0.3, -0.25) is 4.79 Å². The predicted octanol–water partition coefficient (Wildman–Crippen LogP) is 1.94. The van der Waals surface area contributed by atoms with E-state index in [9.17, 15) is 14.3 Å². The molecule has 0 spiro atoms. The molecule has 1 amide bonds. The molecule has 0 bridgehead atoms. The third kappa shape index (κ3) is 6.72. The van der Waals surface area contributed by atoms with Crippen molar-refractivity contribution in [2.24, 2.45) is 5.92 Å². The highest BCUT2D eigenvalue weighted by Gasteiger charge is 2.25. The van der Waals surface area contributed by atoms with Gasteiger partial charge in [0.1, 0.15) is 5.82 Å². The van der Waals surface area contributed by atoms with Crippen LogP contribution in [0.1, 0.15) is 31.7 Å². The van der Waals surface area contributed by atoms with Gasteiger partial charge in [-0.25, -0.2) is 4.39 Å². The second kappa shape index (κ2) is 10.5. The number of halogens is 1. The summed E-state index contributed by atoms with van der Waals surface area (Å²) in [7, 11) is 0. The summed E-state index contributed by atoms with van der Waals surface area (Å²) in [4.78, 5) is 14.1. The number of piperidine rings is 1. The van der Waals surface area contributed by atoms with Gasteiger partial charge in [-0.1, -0.05) is 25.1 Å². The molecule has 6 heteroatoms. The van der Waals surface area contributed by atoms with Gasteiger partial charge in [0.15, 0.2) is 0 Å². The van der Waals surface area contributed by atoms with Crippen molar-refractivity contribution in [3.8, 4) is 0 Å². The van der Waals surface area contributed by atoms with Gasteiger partial charge >= 0.3 is 0 Å². The molecular weight excluding hydrogens is 323 g/mol. The summed E-state index contributed by atoms with van der Waals surface area (Å²) in [5.41, 5.74) is 0.494. The Morgan fingerprint density at radius 1 is 1.40 bits per heavy atom. The summed E-state index contributed by atoms with van der Waals surface area (Å²) in [6.07, 6.45) is 1.97. The molecule has 1 saturated heterocycles. The number of rotatable bonds is 9. The predicted molar refractivity (Wildman–Crippen MR) is 94.5 cm³/mol. The minimum atomic E-state index is -0.614. The molecule has 2 N–H and O–H groups in total. The lowest BCUT2D eigenvalue weighted by molar-refractivity contribution is -0.126. The molecule has 1 aromatic rings. The third-order valence-electron chi connectivity index (χ3n) is 4.50. The van der Waals surface area contributed by atoms with Gasteiger partial charge in [0.05, 0.1) is 19.3 Å². The molecule has 1 fully saturated rings. The topological polar surface area (TPSA) is 61.8 Å². The van der Waals surface area contributed by atoms with Crippen molar-refractivity contribution in [2.45, 2.75) is 38.9 Å². The Morgan fingerprint density at radius 3 is 2.80 bits per heavy atom. The van der Waals surface area contributed by atoms with Crippen LogP contribution in [0.3, 0.4) is 0 Å². The molecule has 1 unspecified atom stereocenters. The molecule has 25 heavy (non-hydrogen) atoms. The molecule has 1 heterocycles. The van der Waals surface area contributed by atoms with Crippen LogP contribution in [-0.4, -0.2) is 54.8 Å². The van der Waals surface area contributed by atoms with E-state index < -0.39 is 6.10 Å². The minimum absolute atomic E-state index is 0.0808. The van der Waals surface area contributed by atoms with Crippen molar-refractivity contribution in [1.82, 2.24) is 10.2 Å². The second-order valence-corrected chi connectivity index (χ2v) is 6.63.